The van der Waals surface area contributed by atoms with Gasteiger partial charge in [-0.3, -0.25) is 44.6 Å². The molecule has 2 aliphatic rings. The minimum atomic E-state index is -1.85. The van der Waals surface area contributed by atoms with Gasteiger partial charge in [-0.1, -0.05) is 153 Å². The summed E-state index contributed by atoms with van der Waals surface area (Å²) in [6, 6.07) is 27.9. The molecule has 5 amide bonds. The Balaban J connectivity index is 0.000000264. The van der Waals surface area contributed by atoms with Crippen LogP contribution in [0.5, 0.6) is 0 Å². The fourth-order valence-electron chi connectivity index (χ4n) is 12.9. The number of carbonyl (C=O) groups is 6. The Morgan fingerprint density at radius 3 is 0.981 bits per heavy atom. The smallest absolute Gasteiger partial charge is 0.423 e. The van der Waals surface area contributed by atoms with Gasteiger partial charge in [0.1, 0.15) is 17.5 Å². The van der Waals surface area contributed by atoms with Crippen LogP contribution in [0.3, 0.4) is 0 Å². The molecule has 0 aromatic heterocycles. The van der Waals surface area contributed by atoms with Crippen molar-refractivity contribution in [3.63, 3.8) is 0 Å². The van der Waals surface area contributed by atoms with Gasteiger partial charge in [0, 0.05) is 16.7 Å². The number of amides is 5. The number of nitrogens with one attached hydrogen (secondary N) is 2. The van der Waals surface area contributed by atoms with Crippen molar-refractivity contribution < 1.29 is 70.6 Å². The number of hydrazine groups is 3. The summed E-state index contributed by atoms with van der Waals surface area (Å²) in [5, 5.41) is 21.6. The molecule has 25 heteroatoms. The van der Waals surface area contributed by atoms with Crippen molar-refractivity contribution in [3.8, 4) is 0 Å². The van der Waals surface area contributed by atoms with Crippen LogP contribution in [0.1, 0.15) is 253 Å². The Bertz CT molecular complexity index is 4080. The van der Waals surface area contributed by atoms with E-state index in [1.54, 1.807) is 36.4 Å². The Hall–Kier alpha value is -7.67. The van der Waals surface area contributed by atoms with Crippen LogP contribution in [-0.2, 0) is 18.6 Å². The van der Waals surface area contributed by atoms with E-state index in [1.165, 1.54) is 45.4 Å². The number of nitrogens with zero attached hydrogens (tertiary/aromatic N) is 3. The third kappa shape index (κ3) is 22.5. The third-order valence-electron chi connectivity index (χ3n) is 19.7. The van der Waals surface area contributed by atoms with Crippen molar-refractivity contribution in [2.24, 2.45) is 22.1 Å². The molecule has 0 radical (unpaired) electrons. The van der Waals surface area contributed by atoms with Crippen LogP contribution in [0.15, 0.2) is 109 Å². The lowest BCUT2D eigenvalue weighted by Crippen LogP contribution is -2.56. The van der Waals surface area contributed by atoms with Gasteiger partial charge >= 0.3 is 21.4 Å². The van der Waals surface area contributed by atoms with Gasteiger partial charge in [-0.2, -0.15) is 0 Å². The van der Waals surface area contributed by atoms with E-state index >= 15 is 4.39 Å². The third-order valence-corrected chi connectivity index (χ3v) is 19.9. The van der Waals surface area contributed by atoms with Crippen molar-refractivity contribution in [2.75, 3.05) is 0 Å². The summed E-state index contributed by atoms with van der Waals surface area (Å²) in [4.78, 5) is 76.8. The Morgan fingerprint density at radius 2 is 0.726 bits per heavy atom. The van der Waals surface area contributed by atoms with Gasteiger partial charge in [-0.05, 0) is 233 Å². The van der Waals surface area contributed by atoms with Crippen molar-refractivity contribution in [3.05, 3.63) is 193 Å². The molecular weight excluding hydrogens is 1370 g/mol. The fourth-order valence-corrected chi connectivity index (χ4v) is 13.0. The minimum Gasteiger partial charge on any atom is -0.423 e. The normalized spacial score (nSPS) is 15.7. The lowest BCUT2D eigenvalue weighted by molar-refractivity contribution is 0.00578. The molecular formula is C81H111B3ClF3N6O12. The maximum atomic E-state index is 15.3. The maximum Gasteiger partial charge on any atom is 0.494 e. The fraction of sp³-hybridized carbons (Fsp3) is 0.481. The second kappa shape index (κ2) is 35.1. The highest BCUT2D eigenvalue weighted by Crippen LogP contribution is 2.39. The second-order valence-corrected chi connectivity index (χ2v) is 33.3. The predicted octanol–water partition coefficient (Wildman–Crippen LogP) is 14.0. The van der Waals surface area contributed by atoms with E-state index in [9.17, 15) is 47.6 Å². The van der Waals surface area contributed by atoms with Crippen LogP contribution in [0, 0.1) is 75.2 Å². The second-order valence-electron chi connectivity index (χ2n) is 33.0. The summed E-state index contributed by atoms with van der Waals surface area (Å²) < 4.78 is 67.1. The van der Waals surface area contributed by atoms with Crippen LogP contribution >= 0.6 is 11.6 Å². The first-order valence-electron chi connectivity index (χ1n) is 35.9. The first kappa shape index (κ1) is 89.0. The highest BCUT2D eigenvalue weighted by molar-refractivity contribution is 6.68. The molecule has 0 bridgehead atoms. The molecule has 6 aromatic rings. The van der Waals surface area contributed by atoms with Crippen molar-refractivity contribution in [1.82, 2.24) is 25.9 Å². The Morgan fingerprint density at radius 1 is 0.453 bits per heavy atom. The monoisotopic (exact) mass is 1480 g/mol. The van der Waals surface area contributed by atoms with Crippen molar-refractivity contribution in [2.45, 2.75) is 240 Å². The molecule has 6 aromatic carbocycles. The molecule has 8 rings (SSSR count). The number of benzene rings is 6. The van der Waals surface area contributed by atoms with Gasteiger partial charge in [0.25, 0.3) is 34.8 Å². The molecule has 6 N–H and O–H groups in total. The largest absolute Gasteiger partial charge is 0.494 e. The number of halogens is 4. The summed E-state index contributed by atoms with van der Waals surface area (Å²) in [6.07, 6.45) is 2.01. The number of nitrogens with two attached hydrogens (primary N) is 1. The van der Waals surface area contributed by atoms with Gasteiger partial charge in [0.2, 0.25) is 0 Å². The molecule has 2 heterocycles. The topological polar surface area (TPSA) is 240 Å². The Labute approximate surface area is 632 Å². The van der Waals surface area contributed by atoms with Crippen molar-refractivity contribution >= 4 is 84.1 Å². The number of carbonyl (C=O) groups excluding carboxylic acids is 6. The van der Waals surface area contributed by atoms with Crippen LogP contribution in [0.2, 0.25) is 0 Å². The highest BCUT2D eigenvalue weighted by atomic mass is 35.5. The summed E-state index contributed by atoms with van der Waals surface area (Å²) in [7, 11) is -3.25. The molecule has 0 saturated carbocycles. The molecule has 0 aliphatic carbocycles. The Kier molecular flexibility index (Phi) is 29.5. The quantitative estimate of drug-likeness (QED) is 0.0212. The van der Waals surface area contributed by atoms with E-state index in [0.717, 1.165) is 51.9 Å². The van der Waals surface area contributed by atoms with Gasteiger partial charge in [-0.25, -0.2) is 29.0 Å². The van der Waals surface area contributed by atoms with Gasteiger partial charge in [0.15, 0.2) is 0 Å². The van der Waals surface area contributed by atoms with Gasteiger partial charge in [-0.15, -0.1) is 0 Å². The maximum absolute atomic E-state index is 15.3. The van der Waals surface area contributed by atoms with E-state index in [4.69, 9.17) is 36.1 Å². The highest BCUT2D eigenvalue weighted by Gasteiger charge is 2.53. The number of aryl methyl sites for hydroxylation is 6. The summed E-state index contributed by atoms with van der Waals surface area (Å²) in [5.74, 6) is 1.46. The molecule has 18 nitrogen and oxygen atoms in total. The summed E-state index contributed by atoms with van der Waals surface area (Å²) in [5.41, 5.74) is 10.3. The van der Waals surface area contributed by atoms with Crippen LogP contribution in [0.25, 0.3) is 0 Å². The zero-order chi connectivity index (χ0) is 80.6. The first-order valence-corrected chi connectivity index (χ1v) is 36.3. The molecule has 3 atom stereocenters. The zero-order valence-corrected chi connectivity index (χ0v) is 67.6. The van der Waals surface area contributed by atoms with E-state index < -0.39 is 78.3 Å². The van der Waals surface area contributed by atoms with Gasteiger partial charge < -0.3 is 28.7 Å². The molecule has 2 saturated heterocycles. The predicted molar refractivity (Wildman–Crippen MR) is 417 cm³/mol. The molecule has 106 heavy (non-hydrogen) atoms. The molecule has 2 aliphatic heterocycles. The molecule has 574 valence electrons. The van der Waals surface area contributed by atoms with Crippen LogP contribution < -0.4 is 33.1 Å². The number of rotatable bonds is 15. The number of hydrogen-bond acceptors (Lipinski definition) is 13. The lowest BCUT2D eigenvalue weighted by Gasteiger charge is -2.39. The summed E-state index contributed by atoms with van der Waals surface area (Å²) in [6.45, 7) is 51.1. The first-order chi connectivity index (χ1) is 48.6. The molecule has 2 fully saturated rings. The summed E-state index contributed by atoms with van der Waals surface area (Å²) >= 11 is 5.27. The average molecular weight is 1490 g/mol. The SMILES string of the molecule is CC1(C)OB(c2ccc(C(=O)Cl)c(F)c2)OC1(C)C.CC[C@@H](N(N)C(=O)c1cc(C)cc(C)c1)C(C)(C)C.CC[C@@H](N(NC(=O)c1ccc(B(O)O)cc1F)C(=O)c1cc(C)cc(C)c1)C(C)(C)C.CC[C@@H](N(NC(=O)c1ccc(B2OC(C)(C)C(C)(C)O2)cc1F)C(=O)c1cc(C)cc(C)c1)C(C)(C)C. The van der Waals surface area contributed by atoms with E-state index in [1.807, 2.05) is 177 Å². The molecule has 0 spiro atoms. The van der Waals surface area contributed by atoms with Crippen LogP contribution in [0.4, 0.5) is 13.2 Å². The van der Waals surface area contributed by atoms with E-state index in [2.05, 4.69) is 44.6 Å². The van der Waals surface area contributed by atoms with E-state index in [-0.39, 0.29) is 74.2 Å². The van der Waals surface area contributed by atoms with Gasteiger partial charge in [0.05, 0.1) is 57.2 Å². The number of hydrogen-bond donors (Lipinski definition) is 5. The van der Waals surface area contributed by atoms with Crippen molar-refractivity contribution in [1.29, 1.82) is 0 Å². The molecule has 0 unspecified atom stereocenters. The van der Waals surface area contributed by atoms with E-state index in [0.29, 0.717) is 40.5 Å². The minimum absolute atomic E-state index is 0.0285. The van der Waals surface area contributed by atoms with Crippen LogP contribution in [-0.4, -0.2) is 122 Å². The average Bonchev–Trinajstić information content (AvgIpc) is 1.60. The lowest BCUT2D eigenvalue weighted by atomic mass is 9.78. The zero-order valence-electron chi connectivity index (χ0n) is 66.9. The standard InChI is InChI=1S/C29H40BFN2O4.C23H30BFN2O4.C16H26N2O.C13H15BClFO3/c1-11-24(27(4,5)6)33(26(35)20-15-18(2)14-19(3)16-20)32-25(34)22-13-12-21(17-23(22)31)30-36-28(7,8)29(9,10)37-30;1-7-20(23(4,5)6)27(22(29)16-11-14(2)10-15(3)12-16)26-21(28)18-9-8-17(24(30)31)13-19(18)25;1-7-14(16(4,5)6)18(17)15(19)13-9-11(2)8-12(3)10-13;1-12(2)13(3,4)19-14(18-12)8-5-6-9(11(15)17)10(16)7-8/h12-17,24H,11H2,1-10H3,(H,32,34);8-13,20,30-31H,7H2,1-6H3,(H,26,28);8-10,14H,7,17H2,1-6H3;5-7H,1-4H3/t24-;20-;14-;/m111./s1.